The molecule has 82 valence electrons. The van der Waals surface area contributed by atoms with Crippen LogP contribution in [0.25, 0.3) is 0 Å². The number of rotatable bonds is 5. The van der Waals surface area contributed by atoms with E-state index in [1.54, 1.807) is 0 Å². The van der Waals surface area contributed by atoms with Crippen LogP contribution in [0.15, 0.2) is 28.7 Å². The first kappa shape index (κ1) is 11.0. The normalized spacial score (nSPS) is 17.5. The highest BCUT2D eigenvalue weighted by atomic mass is 79.9. The van der Waals surface area contributed by atoms with Crippen LogP contribution < -0.4 is 10.1 Å². The van der Waals surface area contributed by atoms with E-state index >= 15 is 0 Å². The van der Waals surface area contributed by atoms with Gasteiger partial charge in [-0.15, -0.1) is 0 Å². The number of nitrogens with one attached hydrogen (secondary N) is 1. The van der Waals surface area contributed by atoms with Crippen LogP contribution in [0.3, 0.4) is 0 Å². The molecule has 3 heteroatoms. The highest BCUT2D eigenvalue weighted by Crippen LogP contribution is 2.19. The average molecular weight is 270 g/mol. The fourth-order valence-corrected chi connectivity index (χ4v) is 1.67. The van der Waals surface area contributed by atoms with E-state index in [1.807, 2.05) is 24.3 Å². The summed E-state index contributed by atoms with van der Waals surface area (Å²) in [6, 6.07) is 8.71. The molecule has 1 atom stereocenters. The lowest BCUT2D eigenvalue weighted by Gasteiger charge is -2.15. The van der Waals surface area contributed by atoms with E-state index in [0.29, 0.717) is 0 Å². The van der Waals surface area contributed by atoms with Crippen LogP contribution in [-0.4, -0.2) is 18.7 Å². The molecule has 0 saturated heterocycles. The van der Waals surface area contributed by atoms with Crippen LogP contribution >= 0.6 is 15.9 Å². The van der Waals surface area contributed by atoms with Crippen LogP contribution in [0, 0.1) is 0 Å². The number of benzene rings is 1. The van der Waals surface area contributed by atoms with Crippen LogP contribution in [0.5, 0.6) is 5.75 Å². The van der Waals surface area contributed by atoms with E-state index < -0.39 is 0 Å². The van der Waals surface area contributed by atoms with Crippen molar-refractivity contribution in [3.05, 3.63) is 28.7 Å². The third kappa shape index (κ3) is 3.84. The van der Waals surface area contributed by atoms with Crippen molar-refractivity contribution in [1.29, 1.82) is 0 Å². The summed E-state index contributed by atoms with van der Waals surface area (Å²) < 4.78 is 6.85. The highest BCUT2D eigenvalue weighted by Gasteiger charge is 2.21. The Balaban J connectivity index is 1.76. The van der Waals surface area contributed by atoms with Gasteiger partial charge in [0.15, 0.2) is 0 Å². The standard InChI is InChI=1S/C12H16BrNO/c1-9(8-14-11-4-5-11)15-12-6-2-10(13)3-7-12/h2-3,6-7,9,11,14H,4-5,8H2,1H3. The summed E-state index contributed by atoms with van der Waals surface area (Å²) >= 11 is 3.40. The van der Waals surface area contributed by atoms with Crippen LogP contribution in [0.4, 0.5) is 0 Å². The number of ether oxygens (including phenoxy) is 1. The minimum atomic E-state index is 0.228. The molecule has 0 radical (unpaired) electrons. The molecule has 0 amide bonds. The number of halogens is 1. The second-order valence-electron chi connectivity index (χ2n) is 4.06. The largest absolute Gasteiger partial charge is 0.489 e. The maximum Gasteiger partial charge on any atom is 0.119 e. The zero-order chi connectivity index (χ0) is 10.7. The third-order valence-corrected chi connectivity index (χ3v) is 2.95. The van der Waals surface area contributed by atoms with Gasteiger partial charge in [0.1, 0.15) is 11.9 Å². The Bertz CT molecular complexity index is 308. The van der Waals surface area contributed by atoms with Crippen LogP contribution in [-0.2, 0) is 0 Å². The Morgan fingerprint density at radius 3 is 2.67 bits per heavy atom. The summed E-state index contributed by atoms with van der Waals surface area (Å²) in [6.45, 7) is 3.03. The first-order chi connectivity index (χ1) is 7.24. The van der Waals surface area contributed by atoms with Crippen molar-refractivity contribution in [1.82, 2.24) is 5.32 Å². The fraction of sp³-hybridized carbons (Fsp3) is 0.500. The van der Waals surface area contributed by atoms with Crippen LogP contribution in [0.2, 0.25) is 0 Å². The predicted octanol–water partition coefficient (Wildman–Crippen LogP) is 2.97. The molecular formula is C12H16BrNO. The molecule has 15 heavy (non-hydrogen) atoms. The number of hydrogen-bond acceptors (Lipinski definition) is 2. The predicted molar refractivity (Wildman–Crippen MR) is 65.3 cm³/mol. The van der Waals surface area contributed by atoms with Crippen LogP contribution in [0.1, 0.15) is 19.8 Å². The SMILES string of the molecule is CC(CNC1CC1)Oc1ccc(Br)cc1. The van der Waals surface area contributed by atoms with Gasteiger partial charge >= 0.3 is 0 Å². The molecule has 0 aliphatic heterocycles. The Labute approximate surface area is 99.1 Å². The molecule has 0 spiro atoms. The van der Waals surface area contributed by atoms with Gasteiger partial charge in [-0.25, -0.2) is 0 Å². The molecule has 1 saturated carbocycles. The maximum absolute atomic E-state index is 5.76. The van der Waals surface area contributed by atoms with E-state index in [1.165, 1.54) is 12.8 Å². The fourth-order valence-electron chi connectivity index (χ4n) is 1.41. The first-order valence-electron chi connectivity index (χ1n) is 5.39. The number of hydrogen-bond donors (Lipinski definition) is 1. The smallest absolute Gasteiger partial charge is 0.119 e. The average Bonchev–Trinajstić information content (AvgIpc) is 3.02. The van der Waals surface area contributed by atoms with E-state index in [2.05, 4.69) is 28.2 Å². The molecule has 1 aliphatic carbocycles. The second kappa shape index (κ2) is 4.99. The molecule has 1 aromatic rings. The zero-order valence-electron chi connectivity index (χ0n) is 8.87. The van der Waals surface area contributed by atoms with E-state index in [9.17, 15) is 0 Å². The van der Waals surface area contributed by atoms with E-state index in [-0.39, 0.29) is 6.10 Å². The van der Waals surface area contributed by atoms with Crippen molar-refractivity contribution < 1.29 is 4.74 Å². The van der Waals surface area contributed by atoms with Crippen molar-refractivity contribution in [2.24, 2.45) is 0 Å². The lowest BCUT2D eigenvalue weighted by atomic mass is 10.3. The minimum absolute atomic E-state index is 0.228. The lowest BCUT2D eigenvalue weighted by Crippen LogP contribution is -2.30. The molecule has 2 rings (SSSR count). The van der Waals surface area contributed by atoms with Gasteiger partial charge in [-0.1, -0.05) is 15.9 Å². The van der Waals surface area contributed by atoms with Gasteiger partial charge < -0.3 is 10.1 Å². The van der Waals surface area contributed by atoms with Crippen molar-refractivity contribution in [2.75, 3.05) is 6.54 Å². The lowest BCUT2D eigenvalue weighted by molar-refractivity contribution is 0.216. The van der Waals surface area contributed by atoms with Gasteiger partial charge in [0, 0.05) is 17.1 Å². The molecule has 0 aromatic heterocycles. The van der Waals surface area contributed by atoms with E-state index in [0.717, 1.165) is 22.8 Å². The summed E-state index contributed by atoms with van der Waals surface area (Å²) in [5.41, 5.74) is 0. The summed E-state index contributed by atoms with van der Waals surface area (Å²) in [5.74, 6) is 0.934. The van der Waals surface area contributed by atoms with Crippen molar-refractivity contribution in [3.8, 4) is 5.75 Å². The maximum atomic E-state index is 5.76. The van der Waals surface area contributed by atoms with Gasteiger partial charge in [0.05, 0.1) is 0 Å². The monoisotopic (exact) mass is 269 g/mol. The van der Waals surface area contributed by atoms with E-state index in [4.69, 9.17) is 4.74 Å². The third-order valence-electron chi connectivity index (χ3n) is 2.42. The zero-order valence-corrected chi connectivity index (χ0v) is 10.5. The Kier molecular flexibility index (Phi) is 3.65. The summed E-state index contributed by atoms with van der Waals surface area (Å²) in [6.07, 6.45) is 2.88. The van der Waals surface area contributed by atoms with Gasteiger partial charge in [0.2, 0.25) is 0 Å². The van der Waals surface area contributed by atoms with Gasteiger partial charge in [-0.05, 0) is 44.0 Å². The molecule has 1 N–H and O–H groups in total. The highest BCUT2D eigenvalue weighted by molar-refractivity contribution is 9.10. The van der Waals surface area contributed by atoms with Crippen molar-refractivity contribution >= 4 is 15.9 Å². The molecule has 0 bridgehead atoms. The second-order valence-corrected chi connectivity index (χ2v) is 4.98. The minimum Gasteiger partial charge on any atom is -0.489 e. The molecule has 1 aliphatic rings. The molecular weight excluding hydrogens is 254 g/mol. The Morgan fingerprint density at radius 1 is 1.40 bits per heavy atom. The summed E-state index contributed by atoms with van der Waals surface area (Å²) in [7, 11) is 0. The molecule has 1 aromatic carbocycles. The quantitative estimate of drug-likeness (QED) is 0.888. The van der Waals surface area contributed by atoms with Gasteiger partial charge in [-0.2, -0.15) is 0 Å². The first-order valence-corrected chi connectivity index (χ1v) is 6.19. The summed E-state index contributed by atoms with van der Waals surface area (Å²) in [4.78, 5) is 0. The Morgan fingerprint density at radius 2 is 2.07 bits per heavy atom. The molecule has 2 nitrogen and oxygen atoms in total. The molecule has 1 unspecified atom stereocenters. The van der Waals surface area contributed by atoms with Crippen molar-refractivity contribution in [3.63, 3.8) is 0 Å². The van der Waals surface area contributed by atoms with Gasteiger partial charge in [-0.3, -0.25) is 0 Å². The summed E-state index contributed by atoms with van der Waals surface area (Å²) in [5, 5.41) is 3.45. The molecule has 0 heterocycles. The van der Waals surface area contributed by atoms with Gasteiger partial charge in [0.25, 0.3) is 0 Å². The Hall–Kier alpha value is -0.540. The molecule has 1 fully saturated rings. The topological polar surface area (TPSA) is 21.3 Å². The van der Waals surface area contributed by atoms with Crippen molar-refractivity contribution in [2.45, 2.75) is 31.9 Å².